The maximum absolute atomic E-state index is 12.8. The maximum Gasteiger partial charge on any atom is 0.392 e. The summed E-state index contributed by atoms with van der Waals surface area (Å²) in [4.78, 5) is 3.70. The first-order valence-electron chi connectivity index (χ1n) is 5.14. The van der Waals surface area contributed by atoms with Crippen LogP contribution in [0.4, 0.5) is 19.1 Å². The standard InChI is InChI=1S/C9H12F3N3O/c10-9(11,12)6-4-2-1-3-5(6)7-14-8(13)15-16-7/h5-6H,1-4H2,(H2,13,15). The third-order valence-corrected chi connectivity index (χ3v) is 2.96. The molecule has 1 aliphatic rings. The van der Waals surface area contributed by atoms with Gasteiger partial charge in [0.05, 0.1) is 5.92 Å². The number of hydrogen-bond acceptors (Lipinski definition) is 4. The molecule has 0 aliphatic heterocycles. The zero-order valence-corrected chi connectivity index (χ0v) is 8.50. The van der Waals surface area contributed by atoms with Crippen molar-refractivity contribution < 1.29 is 17.7 Å². The monoisotopic (exact) mass is 235 g/mol. The van der Waals surface area contributed by atoms with Crippen LogP contribution in [0.15, 0.2) is 4.52 Å². The molecule has 1 aromatic rings. The number of nitrogens with zero attached hydrogens (tertiary/aromatic N) is 2. The summed E-state index contributed by atoms with van der Waals surface area (Å²) in [7, 11) is 0. The molecule has 0 amide bonds. The van der Waals surface area contributed by atoms with E-state index < -0.39 is 18.0 Å². The number of nitrogen functional groups attached to an aromatic ring is 1. The van der Waals surface area contributed by atoms with Crippen molar-refractivity contribution in [3.8, 4) is 0 Å². The fourth-order valence-electron chi connectivity index (χ4n) is 2.22. The van der Waals surface area contributed by atoms with Crippen molar-refractivity contribution in [2.75, 3.05) is 5.73 Å². The van der Waals surface area contributed by atoms with Gasteiger partial charge in [-0.3, -0.25) is 0 Å². The Hall–Kier alpha value is -1.27. The quantitative estimate of drug-likeness (QED) is 0.812. The zero-order valence-electron chi connectivity index (χ0n) is 8.50. The average molecular weight is 235 g/mol. The predicted molar refractivity (Wildman–Crippen MR) is 49.5 cm³/mol. The van der Waals surface area contributed by atoms with E-state index in [0.717, 1.165) is 6.42 Å². The highest BCUT2D eigenvalue weighted by Gasteiger charge is 2.47. The molecule has 0 saturated heterocycles. The van der Waals surface area contributed by atoms with E-state index in [1.54, 1.807) is 0 Å². The minimum Gasteiger partial charge on any atom is -0.365 e. The molecular weight excluding hydrogens is 223 g/mol. The van der Waals surface area contributed by atoms with Gasteiger partial charge in [-0.05, 0) is 18.0 Å². The fraction of sp³-hybridized carbons (Fsp3) is 0.778. The second-order valence-corrected chi connectivity index (χ2v) is 4.03. The predicted octanol–water partition coefficient (Wildman–Crippen LogP) is 2.49. The van der Waals surface area contributed by atoms with E-state index in [9.17, 15) is 13.2 Å². The van der Waals surface area contributed by atoms with Gasteiger partial charge in [0, 0.05) is 5.92 Å². The van der Waals surface area contributed by atoms with Crippen LogP contribution in [0.1, 0.15) is 37.5 Å². The number of halogens is 3. The minimum atomic E-state index is -4.21. The zero-order chi connectivity index (χ0) is 11.8. The van der Waals surface area contributed by atoms with Gasteiger partial charge in [-0.1, -0.05) is 12.8 Å². The number of nitrogens with two attached hydrogens (primary N) is 1. The second kappa shape index (κ2) is 3.95. The van der Waals surface area contributed by atoms with E-state index in [-0.39, 0.29) is 18.3 Å². The molecule has 2 atom stereocenters. The van der Waals surface area contributed by atoms with Crippen LogP contribution in [0.5, 0.6) is 0 Å². The third-order valence-electron chi connectivity index (χ3n) is 2.96. The molecule has 0 bridgehead atoms. The van der Waals surface area contributed by atoms with Crippen molar-refractivity contribution in [2.24, 2.45) is 5.92 Å². The lowest BCUT2D eigenvalue weighted by Crippen LogP contribution is -2.31. The van der Waals surface area contributed by atoms with Crippen molar-refractivity contribution in [1.82, 2.24) is 10.1 Å². The smallest absolute Gasteiger partial charge is 0.365 e. The average Bonchev–Trinajstić information content (AvgIpc) is 2.64. The number of rotatable bonds is 1. The molecule has 1 aliphatic carbocycles. The molecule has 7 heteroatoms. The molecule has 1 saturated carbocycles. The summed E-state index contributed by atoms with van der Waals surface area (Å²) in [5.41, 5.74) is 5.24. The van der Waals surface area contributed by atoms with Crippen molar-refractivity contribution in [1.29, 1.82) is 0 Å². The molecular formula is C9H12F3N3O. The number of aromatic nitrogens is 2. The lowest BCUT2D eigenvalue weighted by molar-refractivity contribution is -0.189. The number of hydrogen-bond donors (Lipinski definition) is 1. The van der Waals surface area contributed by atoms with Crippen molar-refractivity contribution in [3.63, 3.8) is 0 Å². The Kier molecular flexibility index (Phi) is 2.77. The summed E-state index contributed by atoms with van der Waals surface area (Å²) in [6.45, 7) is 0. The van der Waals surface area contributed by atoms with Gasteiger partial charge in [0.2, 0.25) is 5.89 Å². The highest BCUT2D eigenvalue weighted by Crippen LogP contribution is 2.45. The highest BCUT2D eigenvalue weighted by atomic mass is 19.4. The molecule has 0 radical (unpaired) electrons. The summed E-state index contributed by atoms with van der Waals surface area (Å²) in [5, 5.41) is 3.33. The van der Waals surface area contributed by atoms with Gasteiger partial charge in [0.15, 0.2) is 0 Å². The van der Waals surface area contributed by atoms with Crippen LogP contribution in [0.2, 0.25) is 0 Å². The Morgan fingerprint density at radius 3 is 2.50 bits per heavy atom. The van der Waals surface area contributed by atoms with Crippen LogP contribution in [0, 0.1) is 5.92 Å². The van der Waals surface area contributed by atoms with Crippen molar-refractivity contribution >= 4 is 5.95 Å². The van der Waals surface area contributed by atoms with Crippen molar-refractivity contribution in [3.05, 3.63) is 5.89 Å². The molecule has 16 heavy (non-hydrogen) atoms. The summed E-state index contributed by atoms with van der Waals surface area (Å²) in [6.07, 6.45) is -2.33. The van der Waals surface area contributed by atoms with E-state index in [2.05, 4.69) is 10.1 Å². The van der Waals surface area contributed by atoms with Gasteiger partial charge in [-0.15, -0.1) is 0 Å². The number of alkyl halides is 3. The van der Waals surface area contributed by atoms with E-state index in [1.807, 2.05) is 0 Å². The fourth-order valence-corrected chi connectivity index (χ4v) is 2.22. The van der Waals surface area contributed by atoms with Crippen LogP contribution in [-0.2, 0) is 0 Å². The van der Waals surface area contributed by atoms with E-state index in [4.69, 9.17) is 10.3 Å². The van der Waals surface area contributed by atoms with Crippen molar-refractivity contribution in [2.45, 2.75) is 37.8 Å². The summed E-state index contributed by atoms with van der Waals surface area (Å²) < 4.78 is 43.0. The third kappa shape index (κ3) is 2.12. The molecule has 2 unspecified atom stereocenters. The van der Waals surface area contributed by atoms with Crippen LogP contribution < -0.4 is 5.73 Å². The molecule has 0 aromatic carbocycles. The molecule has 1 aromatic heterocycles. The van der Waals surface area contributed by atoms with E-state index in [1.165, 1.54) is 0 Å². The molecule has 0 spiro atoms. The first-order valence-corrected chi connectivity index (χ1v) is 5.14. The van der Waals surface area contributed by atoms with Gasteiger partial charge >= 0.3 is 6.18 Å². The largest absolute Gasteiger partial charge is 0.392 e. The van der Waals surface area contributed by atoms with Gasteiger partial charge in [0.25, 0.3) is 5.95 Å². The Labute approximate surface area is 90.0 Å². The first-order chi connectivity index (χ1) is 7.48. The second-order valence-electron chi connectivity index (χ2n) is 4.03. The van der Waals surface area contributed by atoms with Crippen LogP contribution >= 0.6 is 0 Å². The van der Waals surface area contributed by atoms with E-state index in [0.29, 0.717) is 12.8 Å². The highest BCUT2D eigenvalue weighted by molar-refractivity contribution is 5.13. The van der Waals surface area contributed by atoms with Crippen LogP contribution in [-0.4, -0.2) is 16.3 Å². The summed E-state index contributed by atoms with van der Waals surface area (Å²) >= 11 is 0. The van der Waals surface area contributed by atoms with Crippen LogP contribution in [0.25, 0.3) is 0 Å². The summed E-state index contributed by atoms with van der Waals surface area (Å²) in [6, 6.07) is 0. The van der Waals surface area contributed by atoms with E-state index >= 15 is 0 Å². The number of anilines is 1. The minimum absolute atomic E-state index is 0.0134. The molecule has 4 nitrogen and oxygen atoms in total. The van der Waals surface area contributed by atoms with Gasteiger partial charge < -0.3 is 10.3 Å². The Bertz CT molecular complexity index is 363. The molecule has 90 valence electrons. The molecule has 1 fully saturated rings. The Morgan fingerprint density at radius 2 is 1.94 bits per heavy atom. The SMILES string of the molecule is Nc1noc(C2CCCCC2C(F)(F)F)n1. The normalized spacial score (nSPS) is 26.9. The topological polar surface area (TPSA) is 64.9 Å². The maximum atomic E-state index is 12.8. The first kappa shape index (κ1) is 11.2. The van der Waals surface area contributed by atoms with Crippen LogP contribution in [0.3, 0.4) is 0 Å². The lowest BCUT2D eigenvalue weighted by atomic mass is 9.78. The van der Waals surface area contributed by atoms with Gasteiger partial charge in [-0.25, -0.2) is 0 Å². The lowest BCUT2D eigenvalue weighted by Gasteiger charge is -2.30. The molecule has 1 heterocycles. The molecule has 2 N–H and O–H groups in total. The Morgan fingerprint density at radius 1 is 1.25 bits per heavy atom. The molecule has 2 rings (SSSR count). The summed E-state index contributed by atoms with van der Waals surface area (Å²) in [5.74, 6) is -2.22. The van der Waals surface area contributed by atoms with Gasteiger partial charge in [-0.2, -0.15) is 18.2 Å². The van der Waals surface area contributed by atoms with Gasteiger partial charge in [0.1, 0.15) is 0 Å². The Balaban J connectivity index is 2.23.